The van der Waals surface area contributed by atoms with E-state index in [-0.39, 0.29) is 0 Å². The second kappa shape index (κ2) is 3.70. The SMILES string of the molecule is Cc1cn(C)c2ccc(-c3nc(C)n(C)n3)cc12. The van der Waals surface area contributed by atoms with Crippen molar-refractivity contribution in [1.29, 1.82) is 0 Å². The van der Waals surface area contributed by atoms with Gasteiger partial charge >= 0.3 is 0 Å². The van der Waals surface area contributed by atoms with Gasteiger partial charge < -0.3 is 4.57 Å². The summed E-state index contributed by atoms with van der Waals surface area (Å²) in [7, 11) is 3.98. The summed E-state index contributed by atoms with van der Waals surface area (Å²) >= 11 is 0. The fraction of sp³-hybridized carbons (Fsp3) is 0.286. The Morgan fingerprint density at radius 1 is 1.11 bits per heavy atom. The Kier molecular flexibility index (Phi) is 2.26. The topological polar surface area (TPSA) is 35.6 Å². The van der Waals surface area contributed by atoms with E-state index in [4.69, 9.17) is 0 Å². The highest BCUT2D eigenvalue weighted by Crippen LogP contribution is 2.25. The molecule has 3 rings (SSSR count). The van der Waals surface area contributed by atoms with E-state index in [1.54, 1.807) is 4.68 Å². The predicted molar refractivity (Wildman–Crippen MR) is 72.4 cm³/mol. The number of fused-ring (bicyclic) bond motifs is 1. The molecule has 0 aliphatic rings. The molecule has 2 aromatic heterocycles. The van der Waals surface area contributed by atoms with E-state index in [1.165, 1.54) is 16.5 Å². The van der Waals surface area contributed by atoms with Crippen LogP contribution in [-0.4, -0.2) is 19.3 Å². The Labute approximate surface area is 106 Å². The van der Waals surface area contributed by atoms with E-state index >= 15 is 0 Å². The zero-order chi connectivity index (χ0) is 12.9. The summed E-state index contributed by atoms with van der Waals surface area (Å²) in [6, 6.07) is 6.37. The molecule has 18 heavy (non-hydrogen) atoms. The standard InChI is InChI=1S/C14H16N4/c1-9-8-17(3)13-6-5-11(7-12(9)13)14-15-10(2)18(4)16-14/h5-8H,1-4H3. The summed E-state index contributed by atoms with van der Waals surface area (Å²) in [6.07, 6.45) is 2.14. The molecule has 0 atom stereocenters. The fourth-order valence-corrected chi connectivity index (χ4v) is 2.31. The van der Waals surface area contributed by atoms with Crippen molar-refractivity contribution in [2.24, 2.45) is 14.1 Å². The first-order chi connectivity index (χ1) is 8.56. The minimum absolute atomic E-state index is 0.792. The third-order valence-electron chi connectivity index (χ3n) is 3.43. The molecule has 92 valence electrons. The third-order valence-corrected chi connectivity index (χ3v) is 3.43. The van der Waals surface area contributed by atoms with Gasteiger partial charge in [-0.15, -0.1) is 0 Å². The highest BCUT2D eigenvalue weighted by atomic mass is 15.3. The maximum absolute atomic E-state index is 4.47. The van der Waals surface area contributed by atoms with Crippen LogP contribution in [0.3, 0.4) is 0 Å². The van der Waals surface area contributed by atoms with Crippen molar-refractivity contribution in [3.63, 3.8) is 0 Å². The monoisotopic (exact) mass is 240 g/mol. The van der Waals surface area contributed by atoms with Crippen LogP contribution in [0.1, 0.15) is 11.4 Å². The maximum atomic E-state index is 4.47. The van der Waals surface area contributed by atoms with Gasteiger partial charge in [0.05, 0.1) is 0 Å². The number of aryl methyl sites for hydroxylation is 4. The van der Waals surface area contributed by atoms with Crippen LogP contribution in [-0.2, 0) is 14.1 Å². The van der Waals surface area contributed by atoms with Crippen LogP contribution in [0.2, 0.25) is 0 Å². The average molecular weight is 240 g/mol. The molecule has 0 amide bonds. The zero-order valence-corrected chi connectivity index (χ0v) is 11.1. The molecule has 0 saturated heterocycles. The van der Waals surface area contributed by atoms with Crippen LogP contribution in [0.25, 0.3) is 22.3 Å². The second-order valence-corrected chi connectivity index (χ2v) is 4.76. The highest BCUT2D eigenvalue weighted by molar-refractivity contribution is 5.87. The summed E-state index contributed by atoms with van der Waals surface area (Å²) < 4.78 is 3.95. The van der Waals surface area contributed by atoms with Gasteiger partial charge in [0, 0.05) is 36.8 Å². The van der Waals surface area contributed by atoms with Gasteiger partial charge in [-0.2, -0.15) is 5.10 Å². The molecule has 0 aliphatic carbocycles. The molecule has 0 unspecified atom stereocenters. The number of hydrogen-bond acceptors (Lipinski definition) is 2. The number of rotatable bonds is 1. The van der Waals surface area contributed by atoms with Crippen LogP contribution in [0, 0.1) is 13.8 Å². The number of benzene rings is 1. The van der Waals surface area contributed by atoms with Gasteiger partial charge in [0.15, 0.2) is 5.82 Å². The van der Waals surface area contributed by atoms with E-state index in [9.17, 15) is 0 Å². The first-order valence-electron chi connectivity index (χ1n) is 6.00. The largest absolute Gasteiger partial charge is 0.350 e. The van der Waals surface area contributed by atoms with Crippen molar-refractivity contribution in [2.45, 2.75) is 13.8 Å². The Balaban J connectivity index is 2.21. The van der Waals surface area contributed by atoms with Crippen molar-refractivity contribution in [3.8, 4) is 11.4 Å². The summed E-state index contributed by atoms with van der Waals surface area (Å²) in [5.74, 6) is 1.72. The molecule has 0 N–H and O–H groups in total. The van der Waals surface area contributed by atoms with Crippen LogP contribution < -0.4 is 0 Å². The molecular weight excluding hydrogens is 224 g/mol. The van der Waals surface area contributed by atoms with Crippen molar-refractivity contribution < 1.29 is 0 Å². The number of hydrogen-bond donors (Lipinski definition) is 0. The van der Waals surface area contributed by atoms with Gasteiger partial charge in [-0.3, -0.25) is 4.68 Å². The molecule has 4 heteroatoms. The number of nitrogens with zero attached hydrogens (tertiary/aromatic N) is 4. The van der Waals surface area contributed by atoms with E-state index in [1.807, 2.05) is 14.0 Å². The third kappa shape index (κ3) is 1.53. The quantitative estimate of drug-likeness (QED) is 0.655. The van der Waals surface area contributed by atoms with E-state index < -0.39 is 0 Å². The average Bonchev–Trinajstić information content (AvgIpc) is 2.81. The lowest BCUT2D eigenvalue weighted by atomic mass is 10.1. The van der Waals surface area contributed by atoms with Crippen molar-refractivity contribution in [1.82, 2.24) is 19.3 Å². The minimum Gasteiger partial charge on any atom is -0.350 e. The van der Waals surface area contributed by atoms with Crippen molar-refractivity contribution in [2.75, 3.05) is 0 Å². The lowest BCUT2D eigenvalue weighted by molar-refractivity contribution is 0.736. The van der Waals surface area contributed by atoms with Crippen LogP contribution in [0.4, 0.5) is 0 Å². The van der Waals surface area contributed by atoms with Crippen molar-refractivity contribution >= 4 is 10.9 Å². The van der Waals surface area contributed by atoms with E-state index in [0.29, 0.717) is 0 Å². The number of aromatic nitrogens is 4. The fourth-order valence-electron chi connectivity index (χ4n) is 2.31. The molecule has 2 heterocycles. The summed E-state index contributed by atoms with van der Waals surface area (Å²) in [6.45, 7) is 4.09. The first kappa shape index (κ1) is 11.0. The molecule has 0 aliphatic heterocycles. The van der Waals surface area contributed by atoms with Crippen molar-refractivity contribution in [3.05, 3.63) is 35.8 Å². The summed E-state index contributed by atoms with van der Waals surface area (Å²) in [5, 5.41) is 5.69. The lowest BCUT2D eigenvalue weighted by Gasteiger charge is -1.99. The van der Waals surface area contributed by atoms with Gasteiger partial charge in [-0.25, -0.2) is 4.98 Å². The predicted octanol–water partition coefficient (Wildman–Crippen LogP) is 2.59. The Morgan fingerprint density at radius 3 is 2.56 bits per heavy atom. The van der Waals surface area contributed by atoms with Gasteiger partial charge in [0.2, 0.25) is 0 Å². The lowest BCUT2D eigenvalue weighted by Crippen LogP contribution is -1.92. The van der Waals surface area contributed by atoms with Crippen LogP contribution in [0.15, 0.2) is 24.4 Å². The molecule has 1 aromatic carbocycles. The Morgan fingerprint density at radius 2 is 1.89 bits per heavy atom. The summed E-state index contributed by atoms with van der Waals surface area (Å²) in [5.41, 5.74) is 3.59. The molecule has 0 radical (unpaired) electrons. The molecule has 0 saturated carbocycles. The van der Waals surface area contributed by atoms with Gasteiger partial charge in [-0.05, 0) is 37.6 Å². The maximum Gasteiger partial charge on any atom is 0.181 e. The van der Waals surface area contributed by atoms with E-state index in [2.05, 4.69) is 53.0 Å². The first-order valence-corrected chi connectivity index (χ1v) is 6.00. The van der Waals surface area contributed by atoms with Gasteiger partial charge in [-0.1, -0.05) is 0 Å². The molecular formula is C14H16N4. The Bertz CT molecular complexity index is 714. The highest BCUT2D eigenvalue weighted by Gasteiger charge is 2.09. The summed E-state index contributed by atoms with van der Waals surface area (Å²) in [4.78, 5) is 4.47. The zero-order valence-electron chi connectivity index (χ0n) is 11.1. The smallest absolute Gasteiger partial charge is 0.181 e. The van der Waals surface area contributed by atoms with E-state index in [0.717, 1.165) is 17.2 Å². The van der Waals surface area contributed by atoms with Gasteiger partial charge in [0.25, 0.3) is 0 Å². The molecule has 4 nitrogen and oxygen atoms in total. The molecule has 0 spiro atoms. The molecule has 0 bridgehead atoms. The van der Waals surface area contributed by atoms with Gasteiger partial charge in [0.1, 0.15) is 5.82 Å². The Hall–Kier alpha value is -2.10. The van der Waals surface area contributed by atoms with Crippen LogP contribution >= 0.6 is 0 Å². The minimum atomic E-state index is 0.792. The normalized spacial score (nSPS) is 11.3. The second-order valence-electron chi connectivity index (χ2n) is 4.76. The molecule has 0 fully saturated rings. The van der Waals surface area contributed by atoms with Crippen LogP contribution in [0.5, 0.6) is 0 Å². The molecule has 3 aromatic rings.